The number of aryl methyl sites for hydroxylation is 2. The molecule has 196 valence electrons. The number of aromatic nitrogens is 1. The van der Waals surface area contributed by atoms with Gasteiger partial charge in [-0.15, -0.1) is 0 Å². The van der Waals surface area contributed by atoms with Crippen molar-refractivity contribution in [3.8, 4) is 17.2 Å². The van der Waals surface area contributed by atoms with E-state index in [1.54, 1.807) is 36.4 Å². The van der Waals surface area contributed by atoms with Gasteiger partial charge in [-0.05, 0) is 60.9 Å². The van der Waals surface area contributed by atoms with Crippen molar-refractivity contribution >= 4 is 21.7 Å². The van der Waals surface area contributed by atoms with Gasteiger partial charge in [-0.2, -0.15) is 0 Å². The Bertz CT molecular complexity index is 1580. The predicted octanol–water partition coefficient (Wildman–Crippen LogP) is 5.39. The van der Waals surface area contributed by atoms with E-state index in [0.717, 1.165) is 21.9 Å². The summed E-state index contributed by atoms with van der Waals surface area (Å²) in [5.41, 5.74) is 3.33. The molecule has 0 radical (unpaired) electrons. The highest BCUT2D eigenvalue weighted by molar-refractivity contribution is 7.93. The average Bonchev–Trinajstić information content (AvgIpc) is 3.50. The first kappa shape index (κ1) is 25.5. The fourth-order valence-electron chi connectivity index (χ4n) is 4.69. The maximum absolute atomic E-state index is 13.7. The fraction of sp³-hybridized carbons (Fsp3) is 0.241. The number of fused-ring (bicyclic) bond motifs is 1. The van der Waals surface area contributed by atoms with Gasteiger partial charge in [0.2, 0.25) is 5.89 Å². The van der Waals surface area contributed by atoms with Gasteiger partial charge in [0.05, 0.1) is 10.6 Å². The minimum atomic E-state index is -4.14. The van der Waals surface area contributed by atoms with Crippen molar-refractivity contribution in [1.29, 1.82) is 0 Å². The normalized spacial score (nSPS) is 14.9. The monoisotopic (exact) mass is 532 g/mol. The molecule has 0 saturated heterocycles. The van der Waals surface area contributed by atoms with Crippen molar-refractivity contribution in [2.75, 3.05) is 4.31 Å². The zero-order valence-corrected chi connectivity index (χ0v) is 21.9. The van der Waals surface area contributed by atoms with Crippen LogP contribution in [0.3, 0.4) is 0 Å². The molecule has 0 amide bonds. The largest absolute Gasteiger partial charge is 0.487 e. The molecule has 1 aromatic heterocycles. The van der Waals surface area contributed by atoms with Crippen molar-refractivity contribution < 1.29 is 27.5 Å². The molecule has 0 spiro atoms. The molecule has 1 aliphatic rings. The Labute approximate surface area is 221 Å². The number of para-hydroxylation sites is 1. The zero-order valence-electron chi connectivity index (χ0n) is 21.1. The molecule has 1 atom stereocenters. The number of oxazole rings is 1. The first-order chi connectivity index (χ1) is 18.3. The summed E-state index contributed by atoms with van der Waals surface area (Å²) in [6.07, 6.45) is 1.48. The Kier molecular flexibility index (Phi) is 6.94. The Morgan fingerprint density at radius 1 is 1.11 bits per heavy atom. The molecule has 0 fully saturated rings. The van der Waals surface area contributed by atoms with E-state index in [0.29, 0.717) is 40.8 Å². The van der Waals surface area contributed by atoms with E-state index in [4.69, 9.17) is 9.15 Å². The topological polar surface area (TPSA) is 110 Å². The van der Waals surface area contributed by atoms with Crippen LogP contribution in [0.25, 0.3) is 11.5 Å². The summed E-state index contributed by atoms with van der Waals surface area (Å²) in [5, 5.41) is 9.78. The lowest BCUT2D eigenvalue weighted by molar-refractivity contribution is -0.138. The minimum absolute atomic E-state index is 0.0280. The van der Waals surface area contributed by atoms with Gasteiger partial charge in [0.25, 0.3) is 10.0 Å². The molecule has 8 nitrogen and oxygen atoms in total. The van der Waals surface area contributed by atoms with E-state index < -0.39 is 22.0 Å². The molecule has 0 bridgehead atoms. The van der Waals surface area contributed by atoms with Crippen LogP contribution < -0.4 is 9.04 Å². The highest BCUT2D eigenvalue weighted by Crippen LogP contribution is 2.38. The second-order valence-electron chi connectivity index (χ2n) is 9.18. The van der Waals surface area contributed by atoms with E-state index in [9.17, 15) is 18.3 Å². The number of ether oxygens (including phenoxy) is 1. The summed E-state index contributed by atoms with van der Waals surface area (Å²) in [4.78, 5) is 16.6. The number of carboxylic acids is 1. The SMILES string of the molecule is CCCc1cc(S(=O)(=O)N2c3ccccc3C[C@@H]2C(=O)O)ccc1OCc1nc(-c2ccccc2)oc1C. The third-order valence-electron chi connectivity index (χ3n) is 6.60. The average molecular weight is 533 g/mol. The second kappa shape index (κ2) is 10.3. The molecule has 0 saturated carbocycles. The molecular weight excluding hydrogens is 504 g/mol. The van der Waals surface area contributed by atoms with E-state index in [2.05, 4.69) is 4.98 Å². The second-order valence-corrected chi connectivity index (χ2v) is 11.0. The lowest BCUT2D eigenvalue weighted by Gasteiger charge is -2.25. The van der Waals surface area contributed by atoms with Crippen molar-refractivity contribution in [3.05, 3.63) is 95.4 Å². The maximum Gasteiger partial charge on any atom is 0.327 e. The summed E-state index contributed by atoms with van der Waals surface area (Å²) in [6.45, 7) is 3.98. The summed E-state index contributed by atoms with van der Waals surface area (Å²) >= 11 is 0. The van der Waals surface area contributed by atoms with Gasteiger partial charge in [-0.1, -0.05) is 49.7 Å². The number of carboxylic acid groups (broad SMARTS) is 1. The van der Waals surface area contributed by atoms with E-state index in [-0.39, 0.29) is 17.9 Å². The molecule has 9 heteroatoms. The van der Waals surface area contributed by atoms with E-state index >= 15 is 0 Å². The molecule has 0 unspecified atom stereocenters. The van der Waals surface area contributed by atoms with Crippen LogP contribution in [0.5, 0.6) is 5.75 Å². The third-order valence-corrected chi connectivity index (χ3v) is 8.42. The molecule has 0 aliphatic carbocycles. The Morgan fingerprint density at radius 2 is 1.84 bits per heavy atom. The van der Waals surface area contributed by atoms with Gasteiger partial charge in [0.15, 0.2) is 0 Å². The Morgan fingerprint density at radius 3 is 2.58 bits per heavy atom. The Hall–Kier alpha value is -4.11. The summed E-state index contributed by atoms with van der Waals surface area (Å²) in [5.74, 6) is 0.519. The van der Waals surface area contributed by atoms with Crippen LogP contribution in [0, 0.1) is 6.92 Å². The number of benzene rings is 3. The molecule has 1 N–H and O–H groups in total. The molecular formula is C29H28N2O6S. The first-order valence-corrected chi connectivity index (χ1v) is 13.9. The third kappa shape index (κ3) is 4.77. The minimum Gasteiger partial charge on any atom is -0.487 e. The number of hydrogen-bond acceptors (Lipinski definition) is 6. The van der Waals surface area contributed by atoms with E-state index in [1.165, 1.54) is 6.07 Å². The maximum atomic E-state index is 13.7. The van der Waals surface area contributed by atoms with Gasteiger partial charge in [-0.25, -0.2) is 18.2 Å². The zero-order chi connectivity index (χ0) is 26.9. The van der Waals surface area contributed by atoms with Gasteiger partial charge in [0, 0.05) is 12.0 Å². The highest BCUT2D eigenvalue weighted by atomic mass is 32.2. The molecule has 4 aromatic rings. The molecule has 2 heterocycles. The molecule has 5 rings (SSSR count). The molecule has 38 heavy (non-hydrogen) atoms. The van der Waals surface area contributed by atoms with Crippen LogP contribution in [0.4, 0.5) is 5.69 Å². The van der Waals surface area contributed by atoms with Crippen LogP contribution in [0.2, 0.25) is 0 Å². The number of sulfonamides is 1. The number of anilines is 1. The smallest absolute Gasteiger partial charge is 0.327 e. The standard InChI is InChI=1S/C29H28N2O6S/c1-3-9-22-16-23(38(34,35)31-25-13-8-7-12-21(25)17-26(31)29(32)33)14-15-27(22)36-18-24-19(2)37-28(30-24)20-10-5-4-6-11-20/h4-8,10-16,26H,3,9,17-18H2,1-2H3,(H,32,33)/t26-/m1/s1. The van der Waals surface area contributed by atoms with Crippen molar-refractivity contribution in [2.45, 2.75) is 50.7 Å². The lowest BCUT2D eigenvalue weighted by Crippen LogP contribution is -2.42. The van der Waals surface area contributed by atoms with Gasteiger partial charge < -0.3 is 14.3 Å². The molecule has 3 aromatic carbocycles. The van der Waals surface area contributed by atoms with Crippen molar-refractivity contribution in [2.24, 2.45) is 0 Å². The number of rotatable bonds is 9. The van der Waals surface area contributed by atoms with Crippen LogP contribution in [0.15, 0.2) is 82.1 Å². The predicted molar refractivity (Wildman–Crippen MR) is 143 cm³/mol. The van der Waals surface area contributed by atoms with Crippen LogP contribution in [0.1, 0.15) is 35.9 Å². The number of nitrogens with zero attached hydrogens (tertiary/aromatic N) is 2. The van der Waals surface area contributed by atoms with Gasteiger partial charge in [-0.3, -0.25) is 4.31 Å². The lowest BCUT2D eigenvalue weighted by atomic mass is 10.1. The quantitative estimate of drug-likeness (QED) is 0.308. The summed E-state index contributed by atoms with van der Waals surface area (Å²) in [7, 11) is -4.14. The number of carbonyl (C=O) groups is 1. The van der Waals surface area contributed by atoms with Crippen LogP contribution in [-0.2, 0) is 34.3 Å². The summed E-state index contributed by atoms with van der Waals surface area (Å²) < 4.78 is 40.4. The van der Waals surface area contributed by atoms with Crippen LogP contribution >= 0.6 is 0 Å². The number of aliphatic carboxylic acids is 1. The van der Waals surface area contributed by atoms with Gasteiger partial charge >= 0.3 is 5.97 Å². The molecule has 1 aliphatic heterocycles. The van der Waals surface area contributed by atoms with Crippen molar-refractivity contribution in [3.63, 3.8) is 0 Å². The van der Waals surface area contributed by atoms with E-state index in [1.807, 2.05) is 44.2 Å². The number of hydrogen-bond donors (Lipinski definition) is 1. The van der Waals surface area contributed by atoms with Crippen LogP contribution in [-0.4, -0.2) is 30.5 Å². The fourth-order valence-corrected chi connectivity index (χ4v) is 6.38. The summed E-state index contributed by atoms with van der Waals surface area (Å²) in [6, 6.07) is 20.0. The Balaban J connectivity index is 1.43. The highest BCUT2D eigenvalue weighted by Gasteiger charge is 2.42. The first-order valence-electron chi connectivity index (χ1n) is 12.4. The van der Waals surface area contributed by atoms with Gasteiger partial charge in [0.1, 0.15) is 29.9 Å². The van der Waals surface area contributed by atoms with Crippen molar-refractivity contribution in [1.82, 2.24) is 4.98 Å².